The maximum absolute atomic E-state index is 4.63. The van der Waals surface area contributed by atoms with Gasteiger partial charge in [-0.05, 0) is 12.0 Å². The zero-order chi connectivity index (χ0) is 18.2. The number of benzene rings is 1. The minimum atomic E-state index is 0.879. The average molecular weight is 372 g/mol. The second kappa shape index (κ2) is 9.69. The Morgan fingerprint density at radius 1 is 1.19 bits per heavy atom. The van der Waals surface area contributed by atoms with E-state index in [1.807, 2.05) is 7.05 Å². The van der Waals surface area contributed by atoms with Crippen molar-refractivity contribution in [3.63, 3.8) is 0 Å². The maximum Gasteiger partial charge on any atom is 0.193 e. The largest absolute Gasteiger partial charge is 0.356 e. The molecule has 1 N–H and O–H groups in total. The lowest BCUT2D eigenvalue weighted by Gasteiger charge is -2.36. The van der Waals surface area contributed by atoms with E-state index in [1.54, 1.807) is 11.3 Å². The molecule has 3 rings (SSSR count). The van der Waals surface area contributed by atoms with E-state index in [2.05, 4.69) is 67.7 Å². The van der Waals surface area contributed by atoms with Crippen LogP contribution in [-0.2, 0) is 19.4 Å². The van der Waals surface area contributed by atoms with Crippen molar-refractivity contribution in [1.82, 2.24) is 20.1 Å². The van der Waals surface area contributed by atoms with Crippen LogP contribution >= 0.6 is 11.3 Å². The number of hydrogen-bond donors (Lipinski definition) is 1. The predicted molar refractivity (Wildman–Crippen MR) is 110 cm³/mol. The summed E-state index contributed by atoms with van der Waals surface area (Å²) in [5, 5.41) is 6.89. The molecule has 1 aromatic carbocycles. The van der Waals surface area contributed by atoms with Gasteiger partial charge in [0.15, 0.2) is 5.96 Å². The van der Waals surface area contributed by atoms with Crippen molar-refractivity contribution < 1.29 is 0 Å². The van der Waals surface area contributed by atoms with E-state index in [-0.39, 0.29) is 0 Å². The lowest BCUT2D eigenvalue weighted by atomic mass is 10.2. The molecular weight excluding hydrogens is 342 g/mol. The van der Waals surface area contributed by atoms with Gasteiger partial charge in [-0.2, -0.15) is 0 Å². The Labute approximate surface area is 160 Å². The van der Waals surface area contributed by atoms with Crippen LogP contribution in [0.25, 0.3) is 0 Å². The zero-order valence-electron chi connectivity index (χ0n) is 15.8. The van der Waals surface area contributed by atoms with Gasteiger partial charge in [0.25, 0.3) is 0 Å². The van der Waals surface area contributed by atoms with Gasteiger partial charge in [0.05, 0.1) is 10.7 Å². The Morgan fingerprint density at radius 2 is 1.96 bits per heavy atom. The first-order valence-electron chi connectivity index (χ1n) is 9.43. The van der Waals surface area contributed by atoms with E-state index in [9.17, 15) is 0 Å². The standard InChI is InChI=1S/C20H29N5S/c1-3-19-23-18(16-26-19)9-10-22-20(21-2)25-13-11-24(12-14-25)15-17-7-5-4-6-8-17/h4-8,16H,3,9-15H2,1-2H3,(H,21,22). The van der Waals surface area contributed by atoms with Gasteiger partial charge in [-0.25, -0.2) is 4.98 Å². The number of aryl methyl sites for hydroxylation is 1. The first-order chi connectivity index (χ1) is 12.8. The molecule has 0 spiro atoms. The number of aliphatic imine (C=N–C) groups is 1. The number of hydrogen-bond acceptors (Lipinski definition) is 4. The number of aromatic nitrogens is 1. The average Bonchev–Trinajstić information content (AvgIpc) is 3.15. The molecule has 1 aliphatic heterocycles. The molecule has 1 aliphatic rings. The molecule has 0 radical (unpaired) electrons. The van der Waals surface area contributed by atoms with Crippen molar-refractivity contribution in [2.24, 2.45) is 4.99 Å². The van der Waals surface area contributed by atoms with Crippen LogP contribution in [0.2, 0.25) is 0 Å². The zero-order valence-corrected chi connectivity index (χ0v) is 16.6. The van der Waals surface area contributed by atoms with Crippen LogP contribution in [0.15, 0.2) is 40.7 Å². The Kier molecular flexibility index (Phi) is 7.03. The molecule has 0 aliphatic carbocycles. The lowest BCUT2D eigenvalue weighted by Crippen LogP contribution is -2.52. The highest BCUT2D eigenvalue weighted by molar-refractivity contribution is 7.09. The minimum Gasteiger partial charge on any atom is -0.356 e. The highest BCUT2D eigenvalue weighted by Crippen LogP contribution is 2.11. The topological polar surface area (TPSA) is 43.8 Å². The molecule has 140 valence electrons. The van der Waals surface area contributed by atoms with Gasteiger partial charge in [-0.1, -0.05) is 37.3 Å². The molecular formula is C20H29N5S. The first kappa shape index (κ1) is 18.9. The predicted octanol–water partition coefficient (Wildman–Crippen LogP) is 2.64. The van der Waals surface area contributed by atoms with Gasteiger partial charge in [-0.3, -0.25) is 9.89 Å². The molecule has 2 aromatic rings. The SMILES string of the molecule is CCc1nc(CCNC(=NC)N2CCN(Cc3ccccc3)CC2)cs1. The summed E-state index contributed by atoms with van der Waals surface area (Å²) in [7, 11) is 1.87. The van der Waals surface area contributed by atoms with E-state index in [1.165, 1.54) is 16.3 Å². The van der Waals surface area contributed by atoms with Crippen LogP contribution < -0.4 is 5.32 Å². The third kappa shape index (κ3) is 5.29. The normalized spacial score (nSPS) is 16.1. The third-order valence-corrected chi connectivity index (χ3v) is 5.74. The Bertz CT molecular complexity index is 689. The maximum atomic E-state index is 4.63. The molecule has 26 heavy (non-hydrogen) atoms. The van der Waals surface area contributed by atoms with E-state index >= 15 is 0 Å². The summed E-state index contributed by atoms with van der Waals surface area (Å²) >= 11 is 1.76. The van der Waals surface area contributed by atoms with Crippen molar-refractivity contribution >= 4 is 17.3 Å². The van der Waals surface area contributed by atoms with Gasteiger partial charge in [0.2, 0.25) is 0 Å². The molecule has 6 heteroatoms. The first-order valence-corrected chi connectivity index (χ1v) is 10.3. The highest BCUT2D eigenvalue weighted by Gasteiger charge is 2.19. The van der Waals surface area contributed by atoms with Gasteiger partial charge >= 0.3 is 0 Å². The van der Waals surface area contributed by atoms with Crippen molar-refractivity contribution in [3.05, 3.63) is 52.0 Å². The van der Waals surface area contributed by atoms with Gasteiger partial charge < -0.3 is 10.2 Å². The number of nitrogens with one attached hydrogen (secondary N) is 1. The summed E-state index contributed by atoms with van der Waals surface area (Å²) in [6.07, 6.45) is 1.97. The van der Waals surface area contributed by atoms with Crippen LogP contribution in [0.4, 0.5) is 0 Å². The number of thiazole rings is 1. The van der Waals surface area contributed by atoms with Gasteiger partial charge in [-0.15, -0.1) is 11.3 Å². The van der Waals surface area contributed by atoms with E-state index in [0.717, 1.165) is 58.1 Å². The Hall–Kier alpha value is -1.92. The monoisotopic (exact) mass is 371 g/mol. The van der Waals surface area contributed by atoms with E-state index in [4.69, 9.17) is 0 Å². The Morgan fingerprint density at radius 3 is 2.62 bits per heavy atom. The molecule has 0 atom stereocenters. The lowest BCUT2D eigenvalue weighted by molar-refractivity contribution is 0.172. The summed E-state index contributed by atoms with van der Waals surface area (Å²) in [6.45, 7) is 8.24. The van der Waals surface area contributed by atoms with Crippen molar-refractivity contribution in [3.8, 4) is 0 Å². The molecule has 0 unspecified atom stereocenters. The molecule has 1 aromatic heterocycles. The smallest absolute Gasteiger partial charge is 0.193 e. The quantitative estimate of drug-likeness (QED) is 0.626. The number of guanidine groups is 1. The van der Waals surface area contributed by atoms with E-state index < -0.39 is 0 Å². The van der Waals surface area contributed by atoms with Crippen LogP contribution in [0.1, 0.15) is 23.2 Å². The summed E-state index contributed by atoms with van der Waals surface area (Å²) in [5.74, 6) is 1.01. The fourth-order valence-electron chi connectivity index (χ4n) is 3.22. The van der Waals surface area contributed by atoms with Crippen molar-refractivity contribution in [1.29, 1.82) is 0 Å². The summed E-state index contributed by atoms with van der Waals surface area (Å²) in [6, 6.07) is 10.7. The fraction of sp³-hybridized carbons (Fsp3) is 0.500. The van der Waals surface area contributed by atoms with Gasteiger partial charge in [0, 0.05) is 58.1 Å². The Balaban J connectivity index is 1.41. The second-order valence-corrected chi connectivity index (χ2v) is 7.50. The highest BCUT2D eigenvalue weighted by atomic mass is 32.1. The molecule has 0 saturated carbocycles. The number of piperazine rings is 1. The van der Waals surface area contributed by atoms with Gasteiger partial charge in [0.1, 0.15) is 0 Å². The van der Waals surface area contributed by atoms with Crippen molar-refractivity contribution in [2.45, 2.75) is 26.3 Å². The second-order valence-electron chi connectivity index (χ2n) is 6.56. The molecule has 1 fully saturated rings. The van der Waals surface area contributed by atoms with Crippen LogP contribution in [-0.4, -0.2) is 60.5 Å². The number of nitrogens with zero attached hydrogens (tertiary/aromatic N) is 4. The fourth-order valence-corrected chi connectivity index (χ4v) is 4.00. The molecule has 2 heterocycles. The molecule has 1 saturated heterocycles. The molecule has 0 amide bonds. The summed E-state index contributed by atoms with van der Waals surface area (Å²) in [4.78, 5) is 14.0. The van der Waals surface area contributed by atoms with Crippen molar-refractivity contribution in [2.75, 3.05) is 39.8 Å². The molecule has 5 nitrogen and oxygen atoms in total. The van der Waals surface area contributed by atoms with E-state index in [0.29, 0.717) is 0 Å². The van der Waals surface area contributed by atoms with Crippen LogP contribution in [0.5, 0.6) is 0 Å². The minimum absolute atomic E-state index is 0.879. The third-order valence-electron chi connectivity index (χ3n) is 4.70. The number of rotatable bonds is 6. The summed E-state index contributed by atoms with van der Waals surface area (Å²) in [5.41, 5.74) is 2.57. The molecule has 0 bridgehead atoms. The van der Waals surface area contributed by atoms with Crippen LogP contribution in [0, 0.1) is 0 Å². The summed E-state index contributed by atoms with van der Waals surface area (Å²) < 4.78 is 0. The van der Waals surface area contributed by atoms with Crippen LogP contribution in [0.3, 0.4) is 0 Å².